The highest BCUT2D eigenvalue weighted by atomic mass is 32.2. The molecular formula is C12H11BO2S. The molecule has 0 amide bonds. The Morgan fingerprint density at radius 1 is 0.750 bits per heavy atom. The monoisotopic (exact) mass is 230 g/mol. The molecule has 2 aromatic rings. The molecule has 4 heteroatoms. The molecule has 0 bridgehead atoms. The topological polar surface area (TPSA) is 40.5 Å². The van der Waals surface area contributed by atoms with Gasteiger partial charge in [-0.2, -0.15) is 0 Å². The molecule has 0 unspecified atom stereocenters. The Hall–Kier alpha value is -1.23. The van der Waals surface area contributed by atoms with Gasteiger partial charge in [-0.3, -0.25) is 0 Å². The lowest BCUT2D eigenvalue weighted by Crippen LogP contribution is -2.29. The molecule has 2 rings (SSSR count). The minimum absolute atomic E-state index is 0.511. The van der Waals surface area contributed by atoms with Crippen molar-refractivity contribution >= 4 is 24.3 Å². The summed E-state index contributed by atoms with van der Waals surface area (Å²) in [5, 5.41) is 17.9. The van der Waals surface area contributed by atoms with E-state index in [0.29, 0.717) is 5.46 Å². The van der Waals surface area contributed by atoms with Gasteiger partial charge in [0.1, 0.15) is 0 Å². The lowest BCUT2D eigenvalue weighted by atomic mass is 9.81. The minimum Gasteiger partial charge on any atom is -0.423 e. The molecule has 0 aromatic heterocycles. The third kappa shape index (κ3) is 2.89. The fraction of sp³-hybridized carbons (Fsp3) is 0. The van der Waals surface area contributed by atoms with Gasteiger partial charge in [0.2, 0.25) is 0 Å². The summed E-state index contributed by atoms with van der Waals surface area (Å²) in [5.74, 6) is 0. The molecule has 2 aromatic carbocycles. The smallest absolute Gasteiger partial charge is 0.423 e. The van der Waals surface area contributed by atoms with Crippen molar-refractivity contribution in [2.75, 3.05) is 0 Å². The molecule has 0 atom stereocenters. The molecule has 0 radical (unpaired) electrons. The third-order valence-corrected chi connectivity index (χ3v) is 3.17. The summed E-state index contributed by atoms with van der Waals surface area (Å²) in [6.45, 7) is 0. The summed E-state index contributed by atoms with van der Waals surface area (Å²) < 4.78 is 0. The van der Waals surface area contributed by atoms with Gasteiger partial charge in [-0.05, 0) is 29.7 Å². The van der Waals surface area contributed by atoms with Crippen LogP contribution < -0.4 is 5.46 Å². The van der Waals surface area contributed by atoms with Crippen LogP contribution in [0.5, 0.6) is 0 Å². The Kier molecular flexibility index (Phi) is 3.67. The van der Waals surface area contributed by atoms with Crippen molar-refractivity contribution in [1.29, 1.82) is 0 Å². The molecule has 0 aliphatic carbocycles. The Morgan fingerprint density at radius 2 is 1.31 bits per heavy atom. The van der Waals surface area contributed by atoms with Crippen molar-refractivity contribution in [3.05, 3.63) is 54.6 Å². The maximum absolute atomic E-state index is 8.95. The quantitative estimate of drug-likeness (QED) is 0.785. The highest BCUT2D eigenvalue weighted by molar-refractivity contribution is 7.99. The lowest BCUT2D eigenvalue weighted by Gasteiger charge is -2.03. The zero-order valence-electron chi connectivity index (χ0n) is 8.58. The Labute approximate surface area is 99.1 Å². The van der Waals surface area contributed by atoms with E-state index in [9.17, 15) is 0 Å². The molecule has 0 saturated heterocycles. The summed E-state index contributed by atoms with van der Waals surface area (Å²) in [6, 6.07) is 17.3. The van der Waals surface area contributed by atoms with Gasteiger partial charge in [0.05, 0.1) is 0 Å². The first kappa shape index (κ1) is 11.3. The van der Waals surface area contributed by atoms with Crippen LogP contribution in [0.3, 0.4) is 0 Å². The van der Waals surface area contributed by atoms with Crippen molar-refractivity contribution < 1.29 is 10.0 Å². The number of rotatable bonds is 3. The lowest BCUT2D eigenvalue weighted by molar-refractivity contribution is 0.426. The van der Waals surface area contributed by atoms with Gasteiger partial charge in [0, 0.05) is 9.79 Å². The van der Waals surface area contributed by atoms with E-state index in [4.69, 9.17) is 10.0 Å². The molecule has 0 spiro atoms. The zero-order chi connectivity index (χ0) is 11.4. The van der Waals surface area contributed by atoms with Crippen LogP contribution in [-0.2, 0) is 0 Å². The van der Waals surface area contributed by atoms with Gasteiger partial charge in [-0.15, -0.1) is 0 Å². The first-order valence-electron chi connectivity index (χ1n) is 4.95. The van der Waals surface area contributed by atoms with Crippen molar-refractivity contribution in [1.82, 2.24) is 0 Å². The fourth-order valence-corrected chi connectivity index (χ4v) is 2.17. The van der Waals surface area contributed by atoms with Gasteiger partial charge >= 0.3 is 7.12 Å². The molecule has 80 valence electrons. The summed E-state index contributed by atoms with van der Waals surface area (Å²) in [6.07, 6.45) is 0. The molecule has 0 heterocycles. The van der Waals surface area contributed by atoms with Gasteiger partial charge in [-0.25, -0.2) is 0 Å². The molecule has 2 nitrogen and oxygen atoms in total. The van der Waals surface area contributed by atoms with Crippen LogP contribution in [0.2, 0.25) is 0 Å². The van der Waals surface area contributed by atoms with Crippen LogP contribution in [0.25, 0.3) is 0 Å². The highest BCUT2D eigenvalue weighted by Crippen LogP contribution is 2.26. The average molecular weight is 230 g/mol. The second-order valence-corrected chi connectivity index (χ2v) is 4.50. The van der Waals surface area contributed by atoms with Crippen LogP contribution >= 0.6 is 11.8 Å². The molecule has 2 N–H and O–H groups in total. The van der Waals surface area contributed by atoms with Gasteiger partial charge < -0.3 is 10.0 Å². The second-order valence-electron chi connectivity index (χ2n) is 3.36. The van der Waals surface area contributed by atoms with Gasteiger partial charge in [-0.1, -0.05) is 42.1 Å². The number of hydrogen-bond donors (Lipinski definition) is 2. The Morgan fingerprint density at radius 3 is 1.88 bits per heavy atom. The van der Waals surface area contributed by atoms with Crippen molar-refractivity contribution in [2.45, 2.75) is 9.79 Å². The zero-order valence-corrected chi connectivity index (χ0v) is 9.39. The van der Waals surface area contributed by atoms with E-state index in [0.717, 1.165) is 4.90 Å². The van der Waals surface area contributed by atoms with Crippen LogP contribution in [0.1, 0.15) is 0 Å². The van der Waals surface area contributed by atoms with Crippen molar-refractivity contribution in [2.24, 2.45) is 0 Å². The third-order valence-electron chi connectivity index (χ3n) is 2.16. The molecule has 16 heavy (non-hydrogen) atoms. The molecule has 0 fully saturated rings. The first-order valence-corrected chi connectivity index (χ1v) is 5.76. The summed E-state index contributed by atoms with van der Waals surface area (Å²) in [7, 11) is -1.39. The van der Waals surface area contributed by atoms with E-state index in [2.05, 4.69) is 0 Å². The van der Waals surface area contributed by atoms with E-state index < -0.39 is 7.12 Å². The van der Waals surface area contributed by atoms with Crippen molar-refractivity contribution in [3.8, 4) is 0 Å². The van der Waals surface area contributed by atoms with Crippen LogP contribution in [0.4, 0.5) is 0 Å². The van der Waals surface area contributed by atoms with Crippen LogP contribution in [0, 0.1) is 0 Å². The Bertz CT molecular complexity index is 442. The number of hydrogen-bond acceptors (Lipinski definition) is 3. The molecule has 0 aliphatic heterocycles. The molecule has 0 aliphatic rings. The Balaban J connectivity index is 2.11. The van der Waals surface area contributed by atoms with Crippen LogP contribution in [-0.4, -0.2) is 17.2 Å². The second kappa shape index (κ2) is 5.21. The average Bonchev–Trinajstić information content (AvgIpc) is 2.31. The maximum atomic E-state index is 8.95. The van der Waals surface area contributed by atoms with E-state index in [-0.39, 0.29) is 0 Å². The van der Waals surface area contributed by atoms with E-state index >= 15 is 0 Å². The fourth-order valence-electron chi connectivity index (χ4n) is 1.33. The van der Waals surface area contributed by atoms with Gasteiger partial charge in [0.25, 0.3) is 0 Å². The summed E-state index contributed by atoms with van der Waals surface area (Å²) in [4.78, 5) is 2.25. The first-order chi connectivity index (χ1) is 7.75. The standard InChI is InChI=1S/C12H11BO2S/c14-13(15)10-6-8-12(9-7-10)16-11-4-2-1-3-5-11/h1-9,14-15H. The molecular weight excluding hydrogens is 219 g/mol. The van der Waals surface area contributed by atoms with E-state index in [1.54, 1.807) is 23.9 Å². The predicted molar refractivity (Wildman–Crippen MR) is 66.8 cm³/mol. The SMILES string of the molecule is OB(O)c1ccc(Sc2ccccc2)cc1. The predicted octanol–water partition coefficient (Wildman–Crippen LogP) is 1.52. The largest absolute Gasteiger partial charge is 0.488 e. The van der Waals surface area contributed by atoms with E-state index in [1.807, 2.05) is 42.5 Å². The highest BCUT2D eigenvalue weighted by Gasteiger charge is 2.09. The summed E-state index contributed by atoms with van der Waals surface area (Å²) in [5.41, 5.74) is 0.511. The number of benzene rings is 2. The van der Waals surface area contributed by atoms with Crippen molar-refractivity contribution in [3.63, 3.8) is 0 Å². The van der Waals surface area contributed by atoms with Crippen LogP contribution in [0.15, 0.2) is 64.4 Å². The van der Waals surface area contributed by atoms with E-state index in [1.165, 1.54) is 4.90 Å². The maximum Gasteiger partial charge on any atom is 0.488 e. The minimum atomic E-state index is -1.39. The van der Waals surface area contributed by atoms with Gasteiger partial charge in [0.15, 0.2) is 0 Å². The normalized spacial score (nSPS) is 10.1. The molecule has 0 saturated carbocycles. The summed E-state index contributed by atoms with van der Waals surface area (Å²) >= 11 is 1.64.